The normalized spacial score (nSPS) is 14.8. The summed E-state index contributed by atoms with van der Waals surface area (Å²) in [6, 6.07) is 9.61. The Morgan fingerprint density at radius 2 is 0.965 bits per heavy atom. The lowest BCUT2D eigenvalue weighted by molar-refractivity contribution is -0.178. The first-order valence-electron chi connectivity index (χ1n) is 43.0. The number of pyridine rings is 1. The Kier molecular flexibility index (Phi) is 45.6. The second kappa shape index (κ2) is 53.3. The van der Waals surface area contributed by atoms with Gasteiger partial charge in [-0.25, -0.2) is 18.2 Å². The summed E-state index contributed by atoms with van der Waals surface area (Å²) in [5, 5.41) is 32.2. The Balaban J connectivity index is 0.000000365. The number of H-pyrrole nitrogens is 1. The molecular formula is C90H101BrF18N14O20. The molecule has 6 aromatic heterocycles. The van der Waals surface area contributed by atoms with Crippen LogP contribution in [0.3, 0.4) is 0 Å². The molecule has 34 nitrogen and oxygen atoms in total. The van der Waals surface area contributed by atoms with Crippen LogP contribution < -0.4 is 17.4 Å². The molecule has 0 spiro atoms. The van der Waals surface area contributed by atoms with Crippen LogP contribution in [0.25, 0.3) is 11.1 Å². The number of nitrogens with zero attached hydrogens (tertiary/aromatic N) is 10. The minimum absolute atomic E-state index is 0. The molecule has 0 aliphatic heterocycles. The molecule has 2 fully saturated rings. The minimum Gasteiger partial charge on any atom is -0.480 e. The van der Waals surface area contributed by atoms with Crippen molar-refractivity contribution in [3.05, 3.63) is 176 Å². The maximum absolute atomic E-state index is 14.2. The van der Waals surface area contributed by atoms with Crippen molar-refractivity contribution >= 4 is 103 Å². The van der Waals surface area contributed by atoms with Gasteiger partial charge in [-0.3, -0.25) is 112 Å². The van der Waals surface area contributed by atoms with E-state index in [2.05, 4.69) is 63.1 Å². The maximum Gasteiger partial charge on any atom is 0.451 e. The number of fused-ring (bicyclic) bond motifs is 4. The number of amides is 1. The number of imidazole rings is 1. The number of alkyl halides is 16. The van der Waals surface area contributed by atoms with E-state index in [9.17, 15) is 151 Å². The average Bonchev–Trinajstić information content (AvgIpc) is 1.62. The molecular weight excluding hydrogens is 2020 g/mol. The number of rotatable bonds is 15. The summed E-state index contributed by atoms with van der Waals surface area (Å²) in [5.41, 5.74) is -1.06. The lowest BCUT2D eigenvalue weighted by Gasteiger charge is -2.20. The molecule has 8 aromatic rings. The third kappa shape index (κ3) is 37.0. The number of hydrogen-bond donors (Lipinski definition) is 6. The van der Waals surface area contributed by atoms with E-state index in [-0.39, 0.29) is 164 Å². The van der Waals surface area contributed by atoms with E-state index in [0.29, 0.717) is 67.8 Å². The molecule has 6 heterocycles. The van der Waals surface area contributed by atoms with Crippen molar-refractivity contribution in [2.75, 3.05) is 11.9 Å². The number of carboxylic acids is 1. The van der Waals surface area contributed by atoms with Gasteiger partial charge in [-0.15, -0.1) is 0 Å². The standard InChI is InChI=1S/C31H24F6N4O3.C14H17F3N2O3.C10H9F3N2O3.C8H7F3N2O.C8H7F3O3.C6H11BrO2.C6H8O2.C5H6N2O.C2H6O.H4N2.H2O/c32-19-10-16(11-20(33)14-19)9-18(28-22(3-2-8-39-28)17-6-7-24(34)23(13-17)30(38)44)12-21(42)15-41-25-4-1-5-26(43)27(25)29(40-41)31(35,36)37;1-13(2,3)22-10(21)7-19-8-5-4-6-9(20)11(8)12(18-19)14(15,16)17;11-10(12,13)9-8-5(2-1-3-6(8)16)15(14-9)4-7(17)18;9-8(10,11)7-6-4(12-13-7)2-1-3-5(6)14;9-8(10,11)7(14)6-4(12)2-1-3-5(6)13;1-6(2,3)9-5(8)4-7;7-5-2-1-3-6(8)4-5;1-5(8)7-3-2-6-4-7;1-2-3;1-2;/h2-3,6-8,10-11,13-14,18H,1,4-5,9,12,15H2,(H2,38,44);4-7H2,1-3H3;1-4H2,(H,17,18);1-3H2,(H,12,13);6H,1-3H2;4H2,1-3H3;1-4H2;2-4H,1H3;3H,2H2,1H3;1-2H2;1H2/t18-;;;;;;;;;;/m1........../s1. The highest BCUT2D eigenvalue weighted by Gasteiger charge is 2.51. The van der Waals surface area contributed by atoms with E-state index < -0.39 is 195 Å². The molecule has 0 radical (unpaired) electrons. The van der Waals surface area contributed by atoms with Crippen LogP contribution in [0.2, 0.25) is 0 Å². The van der Waals surface area contributed by atoms with Gasteiger partial charge in [0.05, 0.1) is 63.6 Å². The van der Waals surface area contributed by atoms with Gasteiger partial charge in [0.1, 0.15) is 70.9 Å². The van der Waals surface area contributed by atoms with Crippen molar-refractivity contribution in [3.8, 4) is 11.1 Å². The molecule has 0 unspecified atom stereocenters. The van der Waals surface area contributed by atoms with E-state index >= 15 is 0 Å². The van der Waals surface area contributed by atoms with Crippen LogP contribution in [-0.4, -0.2) is 187 Å². The Morgan fingerprint density at radius 3 is 1.34 bits per heavy atom. The lowest BCUT2D eigenvalue weighted by Crippen LogP contribution is -2.42. The number of esters is 2. The van der Waals surface area contributed by atoms with E-state index in [1.165, 1.54) is 36.1 Å². The number of nitrogens with two attached hydrogens (primary N) is 3. The van der Waals surface area contributed by atoms with Gasteiger partial charge in [0.2, 0.25) is 5.91 Å². The van der Waals surface area contributed by atoms with Crippen molar-refractivity contribution in [2.45, 2.75) is 258 Å². The summed E-state index contributed by atoms with van der Waals surface area (Å²) in [7, 11) is 0. The van der Waals surface area contributed by atoms with E-state index in [1.807, 2.05) is 20.8 Å². The first-order chi connectivity index (χ1) is 65.9. The third-order valence-electron chi connectivity index (χ3n) is 20.2. The summed E-state index contributed by atoms with van der Waals surface area (Å²) >= 11 is 2.99. The summed E-state index contributed by atoms with van der Waals surface area (Å²) in [6.07, 6.45) is -13.2. The Bertz CT molecular complexity index is 5840. The predicted octanol–water partition coefficient (Wildman–Crippen LogP) is 14.2. The number of aryl methyl sites for hydroxylation is 1. The molecule has 6 aliphatic rings. The average molecular weight is 2120 g/mol. The number of carboxylic acid groups (broad SMARTS) is 1. The molecule has 1 amide bonds. The molecule has 14 rings (SSSR count). The highest BCUT2D eigenvalue weighted by Crippen LogP contribution is 2.42. The second-order valence-corrected chi connectivity index (χ2v) is 34.2. The Morgan fingerprint density at radius 1 is 0.545 bits per heavy atom. The number of aromatic amines is 1. The van der Waals surface area contributed by atoms with Gasteiger partial charge in [0.25, 0.3) is 11.7 Å². The van der Waals surface area contributed by atoms with Gasteiger partial charge in [0.15, 0.2) is 63.3 Å². The van der Waals surface area contributed by atoms with Crippen LogP contribution in [0.5, 0.6) is 0 Å². The van der Waals surface area contributed by atoms with Crippen LogP contribution in [0.1, 0.15) is 277 Å². The molecule has 11 N–H and O–H groups in total. The molecule has 53 heteroatoms. The fourth-order valence-electron chi connectivity index (χ4n) is 14.7. The van der Waals surface area contributed by atoms with Crippen molar-refractivity contribution < 1.29 is 176 Å². The fourth-order valence-corrected chi connectivity index (χ4v) is 14.8. The molecule has 2 saturated carbocycles. The number of Topliss-reactive ketones (excluding diaryl/α,β-unsaturated/α-hetero) is 10. The zero-order valence-corrected chi connectivity index (χ0v) is 79.3. The number of carbonyl (C=O) groups excluding carboxylic acids is 14. The Hall–Kier alpha value is -13.1. The zero-order valence-electron chi connectivity index (χ0n) is 77.7. The van der Waals surface area contributed by atoms with Gasteiger partial charge >= 0.3 is 48.8 Å². The molecule has 0 bridgehead atoms. The number of primary amides is 1. The summed E-state index contributed by atoms with van der Waals surface area (Å²) in [5.74, 6) is -7.56. The first kappa shape index (κ1) is 122. The lowest BCUT2D eigenvalue weighted by atomic mass is 9.83. The summed E-state index contributed by atoms with van der Waals surface area (Å²) in [4.78, 5) is 177. The van der Waals surface area contributed by atoms with Crippen molar-refractivity contribution in [2.24, 2.45) is 23.3 Å². The molecule has 2 aromatic carbocycles. The molecule has 0 saturated heterocycles. The first-order valence-corrected chi connectivity index (χ1v) is 44.2. The van der Waals surface area contributed by atoms with E-state index in [4.69, 9.17) is 25.4 Å². The molecule has 6 aliphatic carbocycles. The van der Waals surface area contributed by atoms with Gasteiger partial charge in [-0.2, -0.15) is 86.3 Å². The minimum atomic E-state index is -5.10. The number of hydrogen-bond acceptors (Lipinski definition) is 26. The van der Waals surface area contributed by atoms with Crippen molar-refractivity contribution in [1.82, 2.24) is 54.1 Å². The summed E-state index contributed by atoms with van der Waals surface area (Å²) in [6.45, 7) is 12.2. The highest BCUT2D eigenvalue weighted by atomic mass is 79.9. The molecule has 143 heavy (non-hydrogen) atoms. The number of hydrazine groups is 1. The SMILES string of the molecule is CC(=O)n1ccnc1.CC(C)(C)OC(=O)CBr.CC(C)(C)OC(=O)Cn1nc(C(F)(F)F)c2c1CCCC2=O.CCO.NC(=O)c1cc(-c2cccnc2[C@@H](CC(=O)Cn2nc(C(F)(F)F)c3c2CCCC3=O)Cc2cc(F)cc(F)c2)ccc1F.NN.O.O=C(O)Cn1nc(C(F)(F)F)c2c1CCCC2=O.O=C1CCCC(=O)C1.O=C1CCCC(=O)C1C(=O)C(F)(F)F.O=C1CCCc2[nH]nc(C(F)(F)F)c21. The van der Waals surface area contributed by atoms with Gasteiger partial charge < -0.3 is 30.9 Å². The summed E-state index contributed by atoms with van der Waals surface area (Å²) < 4.78 is 248. The smallest absolute Gasteiger partial charge is 0.451 e. The van der Waals surface area contributed by atoms with Crippen LogP contribution in [0.4, 0.5) is 79.0 Å². The monoisotopic (exact) mass is 2120 g/mol. The van der Waals surface area contributed by atoms with E-state index in [1.54, 1.807) is 52.2 Å². The Labute approximate surface area is 810 Å². The number of carbonyl (C=O) groups is 15. The van der Waals surface area contributed by atoms with Crippen LogP contribution in [-0.2, 0) is 129 Å². The zero-order chi connectivity index (χ0) is 107. The number of aliphatic hydroxyl groups excluding tert-OH is 1. The molecule has 1 atom stereocenters. The number of ketones is 10. The number of ether oxygens (including phenoxy) is 2. The number of aliphatic hydroxyl groups is 1. The van der Waals surface area contributed by atoms with Crippen LogP contribution in [0.15, 0.2) is 73.4 Å². The largest absolute Gasteiger partial charge is 0.480 e. The van der Waals surface area contributed by atoms with Crippen molar-refractivity contribution in [3.63, 3.8) is 0 Å². The van der Waals surface area contributed by atoms with Crippen LogP contribution >= 0.6 is 15.9 Å². The maximum atomic E-state index is 14.2. The van der Waals surface area contributed by atoms with E-state index in [0.717, 1.165) is 38.7 Å². The highest BCUT2D eigenvalue weighted by molar-refractivity contribution is 9.09. The molecule has 784 valence electrons. The third-order valence-corrected chi connectivity index (χ3v) is 20.6. The fraction of sp³-hybridized carbons (Fsp3) is 0.478. The number of aromatic nitrogens is 11. The topological polar surface area (TPSA) is 537 Å². The van der Waals surface area contributed by atoms with Gasteiger partial charge in [0, 0.05) is 113 Å². The van der Waals surface area contributed by atoms with Gasteiger partial charge in [-0.1, -0.05) is 28.1 Å². The number of nitrogens with one attached hydrogen (secondary N) is 1. The van der Waals surface area contributed by atoms with Gasteiger partial charge in [-0.05, 0) is 161 Å². The predicted molar refractivity (Wildman–Crippen MR) is 468 cm³/mol. The number of benzene rings is 2. The second-order valence-electron chi connectivity index (χ2n) is 33.6. The van der Waals surface area contributed by atoms with Crippen molar-refractivity contribution in [1.29, 1.82) is 0 Å². The number of aliphatic carboxylic acids is 1. The van der Waals surface area contributed by atoms with Crippen LogP contribution in [0, 0.1) is 23.4 Å². The number of halogens is 19. The quantitative estimate of drug-likeness (QED) is 0.0139.